The second-order valence-corrected chi connectivity index (χ2v) is 7.63. The van der Waals surface area contributed by atoms with E-state index in [0.29, 0.717) is 28.1 Å². The van der Waals surface area contributed by atoms with E-state index < -0.39 is 0 Å². The van der Waals surface area contributed by atoms with Crippen molar-refractivity contribution >= 4 is 35.4 Å². The standard InChI is InChI=1S/C16H24ClN5.C7H17N.C2H6/c1-7-11(8-2)12(18)14-16(20-6)22-13(10(4)21-14)9(3)15(17)19-5;1-3-4-5-6-7-8-2;1-2/h11,18H,5,7-8H2,1-4,6H3,(H,20,22);8H,3-7H2,1-2H3;1-2H3/b15-9+,18-12?;;. The number of nitrogens with zero attached hydrogens (tertiary/aromatic N) is 3. The maximum atomic E-state index is 8.42. The summed E-state index contributed by atoms with van der Waals surface area (Å²) < 4.78 is 0. The maximum Gasteiger partial charge on any atom is 0.154 e. The van der Waals surface area contributed by atoms with Crippen LogP contribution in [0.25, 0.3) is 5.57 Å². The summed E-state index contributed by atoms with van der Waals surface area (Å²) in [5, 5.41) is 14.9. The highest BCUT2D eigenvalue weighted by molar-refractivity contribution is 6.32. The van der Waals surface area contributed by atoms with Crippen molar-refractivity contribution in [1.82, 2.24) is 15.3 Å². The number of aromatic nitrogens is 2. The molecule has 32 heavy (non-hydrogen) atoms. The van der Waals surface area contributed by atoms with Gasteiger partial charge in [0.25, 0.3) is 0 Å². The van der Waals surface area contributed by atoms with Crippen LogP contribution in [0.5, 0.6) is 0 Å². The fraction of sp³-hybridized carbons (Fsp3) is 0.680. The van der Waals surface area contributed by atoms with Crippen molar-refractivity contribution in [3.8, 4) is 0 Å². The Hall–Kier alpha value is -1.79. The van der Waals surface area contributed by atoms with Crippen molar-refractivity contribution in [3.63, 3.8) is 0 Å². The molecule has 0 aliphatic rings. The molecule has 1 aromatic rings. The Balaban J connectivity index is 0. The summed E-state index contributed by atoms with van der Waals surface area (Å²) >= 11 is 6.04. The number of nitrogens with one attached hydrogen (secondary N) is 3. The van der Waals surface area contributed by atoms with Crippen molar-refractivity contribution in [3.05, 3.63) is 22.2 Å². The molecule has 6 nitrogen and oxygen atoms in total. The number of rotatable bonds is 12. The lowest BCUT2D eigenvalue weighted by Gasteiger charge is -2.18. The number of aryl methyl sites for hydroxylation is 1. The first-order valence-electron chi connectivity index (χ1n) is 12.0. The van der Waals surface area contributed by atoms with Gasteiger partial charge in [-0.15, -0.1) is 0 Å². The molecule has 7 heteroatoms. The molecule has 1 rings (SSSR count). The topological polar surface area (TPSA) is 86.1 Å². The average molecular weight is 467 g/mol. The predicted molar refractivity (Wildman–Crippen MR) is 145 cm³/mol. The Kier molecular flexibility index (Phi) is 20.1. The molecule has 1 aromatic heterocycles. The molecule has 0 aliphatic carbocycles. The normalized spacial score (nSPS) is 11.0. The van der Waals surface area contributed by atoms with Gasteiger partial charge in [-0.2, -0.15) is 0 Å². The first-order valence-corrected chi connectivity index (χ1v) is 12.3. The number of aliphatic imine (C=N–C) groups is 1. The molecule has 0 atom stereocenters. The van der Waals surface area contributed by atoms with Crippen molar-refractivity contribution in [1.29, 1.82) is 5.41 Å². The minimum absolute atomic E-state index is 0.182. The number of anilines is 1. The van der Waals surface area contributed by atoms with Crippen LogP contribution in [-0.2, 0) is 0 Å². The summed E-state index contributed by atoms with van der Waals surface area (Å²) in [7, 11) is 3.78. The molecule has 0 aliphatic heterocycles. The lowest BCUT2D eigenvalue weighted by atomic mass is 9.94. The molecule has 0 saturated carbocycles. The zero-order valence-corrected chi connectivity index (χ0v) is 22.7. The molecule has 0 radical (unpaired) electrons. The number of allylic oxidation sites excluding steroid dienone is 1. The first-order chi connectivity index (χ1) is 15.3. The van der Waals surface area contributed by atoms with E-state index in [2.05, 4.69) is 53.1 Å². The average Bonchev–Trinajstić information content (AvgIpc) is 2.83. The van der Waals surface area contributed by atoms with Crippen LogP contribution in [0.2, 0.25) is 0 Å². The van der Waals surface area contributed by atoms with Crippen molar-refractivity contribution in [2.24, 2.45) is 10.9 Å². The van der Waals surface area contributed by atoms with Crippen LogP contribution in [0.1, 0.15) is 97.1 Å². The Bertz CT molecular complexity index is 690. The van der Waals surface area contributed by atoms with Gasteiger partial charge in [-0.05, 0) is 53.4 Å². The van der Waals surface area contributed by atoms with E-state index in [0.717, 1.165) is 24.1 Å². The number of halogens is 1. The summed E-state index contributed by atoms with van der Waals surface area (Å²) in [6, 6.07) is 0. The van der Waals surface area contributed by atoms with Crippen molar-refractivity contribution < 1.29 is 0 Å². The van der Waals surface area contributed by atoms with Gasteiger partial charge < -0.3 is 16.0 Å². The third kappa shape index (κ3) is 11.2. The van der Waals surface area contributed by atoms with E-state index in [1.807, 2.05) is 34.7 Å². The Labute approximate surface area is 202 Å². The van der Waals surface area contributed by atoms with Gasteiger partial charge in [-0.25, -0.2) is 9.97 Å². The van der Waals surface area contributed by atoms with Crippen LogP contribution in [0.3, 0.4) is 0 Å². The predicted octanol–water partition coefficient (Wildman–Crippen LogP) is 7.07. The smallest absolute Gasteiger partial charge is 0.154 e. The molecule has 0 saturated heterocycles. The summed E-state index contributed by atoms with van der Waals surface area (Å²) in [5.74, 6) is 0.770. The quantitative estimate of drug-likeness (QED) is 0.174. The third-order valence-electron chi connectivity index (χ3n) is 5.04. The van der Waals surface area contributed by atoms with Gasteiger partial charge in [0.15, 0.2) is 5.82 Å². The summed E-state index contributed by atoms with van der Waals surface area (Å²) in [5.41, 5.74) is 3.24. The molecular formula is C25H47ClN6. The minimum Gasteiger partial charge on any atom is -0.371 e. The zero-order chi connectivity index (χ0) is 25.1. The molecule has 0 bridgehead atoms. The van der Waals surface area contributed by atoms with Crippen molar-refractivity contribution in [2.75, 3.05) is 26.0 Å². The van der Waals surface area contributed by atoms with Crippen LogP contribution >= 0.6 is 11.6 Å². The minimum atomic E-state index is 0.182. The molecule has 0 fully saturated rings. The van der Waals surface area contributed by atoms with Crippen LogP contribution in [0, 0.1) is 18.3 Å². The SMILES string of the molecule is C=N/C(Cl)=C(\C)c1nc(NC)c(C(=N)C(CC)CC)nc1C.CC.CCCCCCNC. The van der Waals surface area contributed by atoms with E-state index in [9.17, 15) is 0 Å². The molecule has 3 N–H and O–H groups in total. The van der Waals surface area contributed by atoms with Gasteiger partial charge in [-0.1, -0.05) is 65.5 Å². The molecule has 184 valence electrons. The van der Waals surface area contributed by atoms with Crippen LogP contribution in [0.4, 0.5) is 5.82 Å². The maximum absolute atomic E-state index is 8.42. The lowest BCUT2D eigenvalue weighted by Crippen LogP contribution is -2.19. The highest BCUT2D eigenvalue weighted by Crippen LogP contribution is 2.26. The summed E-state index contributed by atoms with van der Waals surface area (Å²) in [6.45, 7) is 18.7. The lowest BCUT2D eigenvalue weighted by molar-refractivity contribution is 0.634. The molecule has 0 spiro atoms. The van der Waals surface area contributed by atoms with Gasteiger partial charge in [0.1, 0.15) is 10.9 Å². The van der Waals surface area contributed by atoms with Gasteiger partial charge in [0.05, 0.1) is 17.1 Å². The largest absolute Gasteiger partial charge is 0.371 e. The van der Waals surface area contributed by atoms with Gasteiger partial charge in [0.2, 0.25) is 0 Å². The van der Waals surface area contributed by atoms with Gasteiger partial charge >= 0.3 is 0 Å². The number of hydrogen-bond donors (Lipinski definition) is 3. The summed E-state index contributed by atoms with van der Waals surface area (Å²) in [4.78, 5) is 12.9. The van der Waals surface area contributed by atoms with E-state index in [4.69, 9.17) is 17.0 Å². The molecule has 0 amide bonds. The molecule has 0 unspecified atom stereocenters. The Morgan fingerprint density at radius 3 is 2.09 bits per heavy atom. The number of hydrogen-bond acceptors (Lipinski definition) is 6. The molecule has 0 aromatic carbocycles. The van der Waals surface area contributed by atoms with Gasteiger partial charge in [-0.3, -0.25) is 4.99 Å². The van der Waals surface area contributed by atoms with Crippen LogP contribution in [-0.4, -0.2) is 43.0 Å². The van der Waals surface area contributed by atoms with Crippen LogP contribution in [0.15, 0.2) is 10.1 Å². The fourth-order valence-electron chi connectivity index (χ4n) is 3.07. The third-order valence-corrected chi connectivity index (χ3v) is 5.44. The highest BCUT2D eigenvalue weighted by atomic mass is 35.5. The number of unbranched alkanes of at least 4 members (excludes halogenated alkanes) is 3. The van der Waals surface area contributed by atoms with E-state index in [-0.39, 0.29) is 5.92 Å². The zero-order valence-electron chi connectivity index (χ0n) is 22.0. The van der Waals surface area contributed by atoms with Gasteiger partial charge in [0, 0.05) is 18.5 Å². The second kappa shape index (κ2) is 19.9. The monoisotopic (exact) mass is 466 g/mol. The molecular weight excluding hydrogens is 420 g/mol. The van der Waals surface area contributed by atoms with E-state index >= 15 is 0 Å². The Morgan fingerprint density at radius 2 is 1.66 bits per heavy atom. The second-order valence-electron chi connectivity index (χ2n) is 7.27. The van der Waals surface area contributed by atoms with E-state index in [1.54, 1.807) is 7.05 Å². The summed E-state index contributed by atoms with van der Waals surface area (Å²) in [6.07, 6.45) is 7.27. The Morgan fingerprint density at radius 1 is 1.06 bits per heavy atom. The highest BCUT2D eigenvalue weighted by Gasteiger charge is 2.20. The van der Waals surface area contributed by atoms with E-state index in [1.165, 1.54) is 32.2 Å². The molecule has 1 heterocycles. The van der Waals surface area contributed by atoms with Crippen LogP contribution < -0.4 is 10.6 Å². The first kappa shape index (κ1) is 32.4. The van der Waals surface area contributed by atoms with Crippen molar-refractivity contribution in [2.45, 2.75) is 87.0 Å². The fourth-order valence-corrected chi connectivity index (χ4v) is 3.16.